The predicted octanol–water partition coefficient (Wildman–Crippen LogP) is 1.67. The number of hydrogen-bond acceptors (Lipinski definition) is 4. The van der Waals surface area contributed by atoms with E-state index < -0.39 is 11.6 Å². The van der Waals surface area contributed by atoms with Crippen molar-refractivity contribution in [3.05, 3.63) is 29.8 Å². The van der Waals surface area contributed by atoms with Crippen molar-refractivity contribution in [2.24, 2.45) is 5.92 Å². The van der Waals surface area contributed by atoms with Crippen molar-refractivity contribution in [1.29, 1.82) is 0 Å². The molecule has 3 aliphatic rings. The molecule has 0 spiro atoms. The van der Waals surface area contributed by atoms with E-state index in [-0.39, 0.29) is 36.5 Å². The van der Waals surface area contributed by atoms with Gasteiger partial charge in [-0.15, -0.1) is 0 Å². The lowest BCUT2D eigenvalue weighted by Crippen LogP contribution is -2.54. The standard InChI is InChI=1S/C21H27N3O4/c25-18(24-12-11-21(28)10-4-3-5-14(21)13-24)9-8-17-20(27)22-16-7-2-1-6-15(16)19(26)23-17/h1-2,6-7,14,17,28H,3-5,8-13H2,(H,22,27)(H,23,26)/t14-,17+,21-/m1/s1. The fourth-order valence-electron chi connectivity index (χ4n) is 4.74. The van der Waals surface area contributed by atoms with Gasteiger partial charge in [-0.2, -0.15) is 0 Å². The van der Waals surface area contributed by atoms with Gasteiger partial charge in [-0.05, 0) is 37.8 Å². The van der Waals surface area contributed by atoms with Crippen LogP contribution in [-0.4, -0.2) is 52.5 Å². The molecule has 1 aromatic rings. The van der Waals surface area contributed by atoms with Crippen molar-refractivity contribution in [3.8, 4) is 0 Å². The Morgan fingerprint density at radius 2 is 2.04 bits per heavy atom. The number of nitrogens with zero attached hydrogens (tertiary/aromatic N) is 1. The minimum Gasteiger partial charge on any atom is -0.389 e. The average Bonchev–Trinajstić information content (AvgIpc) is 2.81. The maximum absolute atomic E-state index is 12.7. The first-order valence-corrected chi connectivity index (χ1v) is 10.2. The Morgan fingerprint density at radius 1 is 1.21 bits per heavy atom. The van der Waals surface area contributed by atoms with Crippen LogP contribution in [0.3, 0.4) is 0 Å². The van der Waals surface area contributed by atoms with Gasteiger partial charge in [0.05, 0.1) is 16.9 Å². The van der Waals surface area contributed by atoms with Gasteiger partial charge in [0.15, 0.2) is 0 Å². The second-order valence-electron chi connectivity index (χ2n) is 8.24. The number of fused-ring (bicyclic) bond motifs is 2. The molecule has 0 unspecified atom stereocenters. The largest absolute Gasteiger partial charge is 0.389 e. The lowest BCUT2D eigenvalue weighted by atomic mass is 9.71. The number of aliphatic hydroxyl groups is 1. The molecule has 2 aliphatic heterocycles. The van der Waals surface area contributed by atoms with Gasteiger partial charge in [0.2, 0.25) is 11.8 Å². The predicted molar refractivity (Wildman–Crippen MR) is 104 cm³/mol. The second kappa shape index (κ2) is 7.54. The smallest absolute Gasteiger partial charge is 0.254 e. The Labute approximate surface area is 164 Å². The number of carbonyl (C=O) groups is 3. The van der Waals surface area contributed by atoms with Gasteiger partial charge in [-0.3, -0.25) is 14.4 Å². The molecule has 0 radical (unpaired) electrons. The summed E-state index contributed by atoms with van der Waals surface area (Å²) in [7, 11) is 0. The van der Waals surface area contributed by atoms with Gasteiger partial charge < -0.3 is 20.6 Å². The summed E-state index contributed by atoms with van der Waals surface area (Å²) < 4.78 is 0. The van der Waals surface area contributed by atoms with E-state index in [1.807, 2.05) is 4.90 Å². The van der Waals surface area contributed by atoms with Crippen LogP contribution in [0, 0.1) is 5.92 Å². The highest BCUT2D eigenvalue weighted by Gasteiger charge is 2.43. The zero-order chi connectivity index (χ0) is 19.7. The van der Waals surface area contributed by atoms with Crippen LogP contribution in [0.4, 0.5) is 5.69 Å². The van der Waals surface area contributed by atoms with Crippen molar-refractivity contribution < 1.29 is 19.5 Å². The van der Waals surface area contributed by atoms with Crippen LogP contribution in [0.25, 0.3) is 0 Å². The molecule has 3 amide bonds. The number of likely N-dealkylation sites (tertiary alicyclic amines) is 1. The van der Waals surface area contributed by atoms with Gasteiger partial charge in [0.25, 0.3) is 5.91 Å². The Bertz CT molecular complexity index is 796. The molecule has 0 aromatic heterocycles. The number of nitrogens with one attached hydrogen (secondary N) is 2. The van der Waals surface area contributed by atoms with E-state index in [9.17, 15) is 19.5 Å². The van der Waals surface area contributed by atoms with Crippen LogP contribution in [0.1, 0.15) is 55.3 Å². The zero-order valence-electron chi connectivity index (χ0n) is 15.9. The maximum Gasteiger partial charge on any atom is 0.254 e. The quantitative estimate of drug-likeness (QED) is 0.737. The summed E-state index contributed by atoms with van der Waals surface area (Å²) in [5.74, 6) is -0.478. The maximum atomic E-state index is 12.7. The van der Waals surface area contributed by atoms with Crippen LogP contribution in [0.15, 0.2) is 24.3 Å². The summed E-state index contributed by atoms with van der Waals surface area (Å²) in [5.41, 5.74) is 0.305. The Balaban J connectivity index is 1.35. The van der Waals surface area contributed by atoms with E-state index in [1.165, 1.54) is 0 Å². The molecule has 28 heavy (non-hydrogen) atoms. The fraction of sp³-hybridized carbons (Fsp3) is 0.571. The summed E-state index contributed by atoms with van der Waals surface area (Å²) in [4.78, 5) is 39.4. The number of amides is 3. The van der Waals surface area contributed by atoms with E-state index >= 15 is 0 Å². The molecule has 7 heteroatoms. The molecule has 7 nitrogen and oxygen atoms in total. The van der Waals surface area contributed by atoms with Crippen molar-refractivity contribution in [3.63, 3.8) is 0 Å². The first-order chi connectivity index (χ1) is 13.5. The molecule has 150 valence electrons. The third kappa shape index (κ3) is 3.63. The summed E-state index contributed by atoms with van der Waals surface area (Å²) in [6.07, 6.45) is 5.02. The van der Waals surface area contributed by atoms with Crippen molar-refractivity contribution >= 4 is 23.4 Å². The lowest BCUT2D eigenvalue weighted by molar-refractivity contribution is -0.143. The third-order valence-electron chi connectivity index (χ3n) is 6.48. The van der Waals surface area contributed by atoms with Crippen LogP contribution in [0.2, 0.25) is 0 Å². The van der Waals surface area contributed by atoms with Crippen LogP contribution < -0.4 is 10.6 Å². The molecular weight excluding hydrogens is 358 g/mol. The molecular formula is C21H27N3O4. The third-order valence-corrected chi connectivity index (χ3v) is 6.48. The van der Waals surface area contributed by atoms with Gasteiger partial charge in [-0.25, -0.2) is 0 Å². The molecule has 3 N–H and O–H groups in total. The number of rotatable bonds is 3. The number of benzene rings is 1. The summed E-state index contributed by atoms with van der Waals surface area (Å²) in [6.45, 7) is 1.14. The number of carbonyl (C=O) groups excluding carboxylic acids is 3. The van der Waals surface area contributed by atoms with Crippen LogP contribution >= 0.6 is 0 Å². The monoisotopic (exact) mass is 385 g/mol. The Kier molecular flexibility index (Phi) is 5.10. The van der Waals surface area contributed by atoms with Crippen molar-refractivity contribution in [2.45, 2.75) is 56.6 Å². The van der Waals surface area contributed by atoms with Gasteiger partial charge in [0, 0.05) is 25.4 Å². The number of piperidine rings is 1. The van der Waals surface area contributed by atoms with E-state index in [0.29, 0.717) is 30.8 Å². The van der Waals surface area contributed by atoms with Crippen LogP contribution in [-0.2, 0) is 9.59 Å². The number of hydrogen-bond donors (Lipinski definition) is 3. The van der Waals surface area contributed by atoms with Crippen molar-refractivity contribution in [1.82, 2.24) is 10.2 Å². The van der Waals surface area contributed by atoms with E-state index in [2.05, 4.69) is 10.6 Å². The lowest BCUT2D eigenvalue weighted by Gasteiger charge is -2.47. The molecule has 4 rings (SSSR count). The highest BCUT2D eigenvalue weighted by molar-refractivity contribution is 6.09. The van der Waals surface area contributed by atoms with E-state index in [4.69, 9.17) is 0 Å². The topological polar surface area (TPSA) is 98.7 Å². The second-order valence-corrected chi connectivity index (χ2v) is 8.24. The molecule has 3 atom stereocenters. The highest BCUT2D eigenvalue weighted by Crippen LogP contribution is 2.39. The van der Waals surface area contributed by atoms with Crippen LogP contribution in [0.5, 0.6) is 0 Å². The summed E-state index contributed by atoms with van der Waals surface area (Å²) >= 11 is 0. The number of anilines is 1. The minimum atomic E-state index is -0.736. The van der Waals surface area contributed by atoms with Gasteiger partial charge in [-0.1, -0.05) is 25.0 Å². The van der Waals surface area contributed by atoms with E-state index in [1.54, 1.807) is 24.3 Å². The summed E-state index contributed by atoms with van der Waals surface area (Å²) in [6, 6.07) is 6.13. The van der Waals surface area contributed by atoms with E-state index in [0.717, 1.165) is 25.7 Å². The summed E-state index contributed by atoms with van der Waals surface area (Å²) in [5, 5.41) is 16.3. The van der Waals surface area contributed by atoms with Gasteiger partial charge >= 0.3 is 0 Å². The normalized spacial score (nSPS) is 29.8. The molecule has 1 aliphatic carbocycles. The molecule has 1 saturated carbocycles. The highest BCUT2D eigenvalue weighted by atomic mass is 16.3. The molecule has 1 aromatic carbocycles. The fourth-order valence-corrected chi connectivity index (χ4v) is 4.74. The molecule has 0 bridgehead atoms. The molecule has 1 saturated heterocycles. The number of para-hydroxylation sites is 1. The average molecular weight is 385 g/mol. The van der Waals surface area contributed by atoms with Crippen molar-refractivity contribution in [2.75, 3.05) is 18.4 Å². The minimum absolute atomic E-state index is 0.0172. The molecule has 2 fully saturated rings. The first kappa shape index (κ1) is 18.9. The Hall–Kier alpha value is -2.41. The molecule has 2 heterocycles. The SMILES string of the molecule is O=C1N[C@@H](CCC(=O)N2CC[C@]3(O)CCCC[C@@H]3C2)C(=O)Nc2ccccc21. The van der Waals surface area contributed by atoms with Gasteiger partial charge in [0.1, 0.15) is 6.04 Å². The Morgan fingerprint density at radius 3 is 2.89 bits per heavy atom. The zero-order valence-corrected chi connectivity index (χ0v) is 15.9. The first-order valence-electron chi connectivity index (χ1n) is 10.2.